The Labute approximate surface area is 151 Å². The molecule has 0 fully saturated rings. The molecule has 2 aromatic rings. The maximum absolute atomic E-state index is 14.3. The predicted octanol–water partition coefficient (Wildman–Crippen LogP) is 4.91. The quantitative estimate of drug-likeness (QED) is 0.519. The number of rotatable bonds is 7. The summed E-state index contributed by atoms with van der Waals surface area (Å²) in [5.74, 6) is -1.98. The van der Waals surface area contributed by atoms with Crippen LogP contribution in [0.4, 0.5) is 4.39 Å². The second kappa shape index (κ2) is 8.77. The summed E-state index contributed by atoms with van der Waals surface area (Å²) in [4.78, 5) is 24.6. The van der Waals surface area contributed by atoms with Crippen molar-refractivity contribution >= 4 is 23.4 Å². The van der Waals surface area contributed by atoms with Gasteiger partial charge in [0.15, 0.2) is 12.0 Å². The van der Waals surface area contributed by atoms with Crippen molar-refractivity contribution in [2.24, 2.45) is 0 Å². The number of halogens is 2. The molecule has 3 nitrogen and oxygen atoms in total. The van der Waals surface area contributed by atoms with E-state index in [0.717, 1.165) is 5.56 Å². The Hall–Kier alpha value is -2.20. The highest BCUT2D eigenvalue weighted by Gasteiger charge is 2.30. The normalized spacial score (nSPS) is 13.1. The molecule has 0 aromatic heterocycles. The maximum Gasteiger partial charge on any atom is 0.340 e. The zero-order valence-electron chi connectivity index (χ0n) is 14.2. The third kappa shape index (κ3) is 5.13. The van der Waals surface area contributed by atoms with E-state index in [-0.39, 0.29) is 18.8 Å². The molecule has 2 aromatic carbocycles. The van der Waals surface area contributed by atoms with Gasteiger partial charge in [0.2, 0.25) is 0 Å². The van der Waals surface area contributed by atoms with Gasteiger partial charge in [-0.05, 0) is 37.6 Å². The van der Waals surface area contributed by atoms with Crippen LogP contribution in [0.25, 0.3) is 0 Å². The average molecular weight is 363 g/mol. The third-order valence-corrected chi connectivity index (χ3v) is 4.13. The van der Waals surface area contributed by atoms with E-state index in [1.54, 1.807) is 49.4 Å². The van der Waals surface area contributed by atoms with Gasteiger partial charge >= 0.3 is 5.97 Å². The van der Waals surface area contributed by atoms with Gasteiger partial charge in [-0.25, -0.2) is 9.18 Å². The Morgan fingerprint density at radius 1 is 1.16 bits per heavy atom. The summed E-state index contributed by atoms with van der Waals surface area (Å²) in [5, 5.41) is 0.521. The summed E-state index contributed by atoms with van der Waals surface area (Å²) in [7, 11) is 0. The summed E-state index contributed by atoms with van der Waals surface area (Å²) in [6.45, 7) is 3.58. The Morgan fingerprint density at radius 3 is 2.44 bits per heavy atom. The van der Waals surface area contributed by atoms with Crippen molar-refractivity contribution in [2.45, 2.75) is 32.4 Å². The lowest BCUT2D eigenvalue weighted by atomic mass is 9.86. The Kier molecular flexibility index (Phi) is 6.71. The van der Waals surface area contributed by atoms with Gasteiger partial charge in [0.05, 0.1) is 12.5 Å². The monoisotopic (exact) mass is 362 g/mol. The highest BCUT2D eigenvalue weighted by atomic mass is 35.5. The van der Waals surface area contributed by atoms with Crippen molar-refractivity contribution in [3.05, 3.63) is 70.2 Å². The summed E-state index contributed by atoms with van der Waals surface area (Å²) in [5.41, 5.74) is 2.03. The summed E-state index contributed by atoms with van der Waals surface area (Å²) < 4.78 is 19.0. The van der Waals surface area contributed by atoms with Crippen LogP contribution in [-0.2, 0) is 9.53 Å². The first-order chi connectivity index (χ1) is 11.9. The van der Waals surface area contributed by atoms with Gasteiger partial charge in [0.25, 0.3) is 0 Å². The molecule has 2 atom stereocenters. The molecule has 0 saturated carbocycles. The fourth-order valence-corrected chi connectivity index (χ4v) is 2.75. The molecule has 0 radical (unpaired) electrons. The number of alkyl halides is 1. The van der Waals surface area contributed by atoms with E-state index in [1.807, 2.05) is 13.0 Å². The Bertz CT molecular complexity index is 743. The fourth-order valence-electron chi connectivity index (χ4n) is 2.62. The fraction of sp³-hybridized carbons (Fsp3) is 0.300. The number of hydrogen-bond acceptors (Lipinski definition) is 3. The lowest BCUT2D eigenvalue weighted by Gasteiger charge is -2.18. The summed E-state index contributed by atoms with van der Waals surface area (Å²) in [6, 6.07) is 13.7. The van der Waals surface area contributed by atoms with E-state index in [2.05, 4.69) is 0 Å². The van der Waals surface area contributed by atoms with Crippen molar-refractivity contribution in [3.63, 3.8) is 0 Å². The zero-order valence-corrected chi connectivity index (χ0v) is 14.9. The smallest absolute Gasteiger partial charge is 0.340 e. The molecule has 0 spiro atoms. The first-order valence-electron chi connectivity index (χ1n) is 8.09. The highest BCUT2D eigenvalue weighted by Crippen LogP contribution is 2.28. The van der Waals surface area contributed by atoms with Gasteiger partial charge in [-0.1, -0.05) is 47.5 Å². The molecule has 0 bridgehead atoms. The second-order valence-electron chi connectivity index (χ2n) is 5.79. The van der Waals surface area contributed by atoms with Crippen LogP contribution in [0.2, 0.25) is 5.02 Å². The third-order valence-electron chi connectivity index (χ3n) is 3.88. The molecule has 0 amide bonds. The minimum atomic E-state index is -1.87. The summed E-state index contributed by atoms with van der Waals surface area (Å²) >= 11 is 5.90. The van der Waals surface area contributed by atoms with Crippen molar-refractivity contribution in [1.82, 2.24) is 0 Å². The maximum atomic E-state index is 14.3. The van der Waals surface area contributed by atoms with Crippen LogP contribution in [0.15, 0.2) is 48.5 Å². The highest BCUT2D eigenvalue weighted by molar-refractivity contribution is 6.30. The number of carbonyl (C=O) groups excluding carboxylic acids is 2. The van der Waals surface area contributed by atoms with E-state index in [0.29, 0.717) is 16.1 Å². The molecule has 2 unspecified atom stereocenters. The predicted molar refractivity (Wildman–Crippen MR) is 95.8 cm³/mol. The van der Waals surface area contributed by atoms with Crippen LogP contribution in [0, 0.1) is 6.92 Å². The number of ether oxygens (including phenoxy) is 1. The molecule has 0 saturated heterocycles. The molecule has 2 rings (SSSR count). The van der Waals surface area contributed by atoms with Crippen LogP contribution < -0.4 is 0 Å². The average Bonchev–Trinajstić information content (AvgIpc) is 2.60. The van der Waals surface area contributed by atoms with E-state index in [4.69, 9.17) is 16.3 Å². The van der Waals surface area contributed by atoms with Gasteiger partial charge in [-0.3, -0.25) is 4.79 Å². The number of benzene rings is 2. The summed E-state index contributed by atoms with van der Waals surface area (Å²) in [6.07, 6.45) is -2.14. The number of esters is 1. The van der Waals surface area contributed by atoms with Gasteiger partial charge < -0.3 is 4.74 Å². The van der Waals surface area contributed by atoms with Crippen molar-refractivity contribution in [2.75, 3.05) is 6.61 Å². The second-order valence-corrected chi connectivity index (χ2v) is 6.23. The molecule has 0 aliphatic rings. The topological polar surface area (TPSA) is 43.4 Å². The first kappa shape index (κ1) is 19.1. The van der Waals surface area contributed by atoms with Crippen molar-refractivity contribution in [1.29, 1.82) is 0 Å². The lowest BCUT2D eigenvalue weighted by molar-refractivity contribution is -0.149. The SMILES string of the molecule is CCOC(=O)C(F)CC(C(=O)c1cccc(C)c1)c1ccc(Cl)cc1. The zero-order chi connectivity index (χ0) is 18.4. The van der Waals surface area contributed by atoms with Gasteiger partial charge in [-0.15, -0.1) is 0 Å². The van der Waals surface area contributed by atoms with Crippen molar-refractivity contribution < 1.29 is 18.7 Å². The van der Waals surface area contributed by atoms with E-state index >= 15 is 0 Å². The molecule has 0 aliphatic heterocycles. The largest absolute Gasteiger partial charge is 0.464 e. The van der Waals surface area contributed by atoms with E-state index in [1.165, 1.54) is 0 Å². The van der Waals surface area contributed by atoms with Crippen LogP contribution in [-0.4, -0.2) is 24.5 Å². The molecule has 132 valence electrons. The van der Waals surface area contributed by atoms with Crippen LogP contribution in [0.1, 0.15) is 40.7 Å². The minimum Gasteiger partial charge on any atom is -0.464 e. The molecular weight excluding hydrogens is 343 g/mol. The number of carbonyl (C=O) groups is 2. The Morgan fingerprint density at radius 2 is 1.84 bits per heavy atom. The van der Waals surface area contributed by atoms with Crippen LogP contribution >= 0.6 is 11.6 Å². The van der Waals surface area contributed by atoms with Gasteiger partial charge in [-0.2, -0.15) is 0 Å². The van der Waals surface area contributed by atoms with Crippen molar-refractivity contribution in [3.8, 4) is 0 Å². The lowest BCUT2D eigenvalue weighted by Crippen LogP contribution is -2.25. The minimum absolute atomic E-state index is 0.0939. The number of aryl methyl sites for hydroxylation is 1. The van der Waals surface area contributed by atoms with Gasteiger partial charge in [0.1, 0.15) is 0 Å². The van der Waals surface area contributed by atoms with Gasteiger partial charge in [0, 0.05) is 17.0 Å². The standard InChI is InChI=1S/C20H20ClFO3/c1-3-25-20(24)18(22)12-17(14-7-9-16(21)10-8-14)19(23)15-6-4-5-13(2)11-15/h4-11,17-18H,3,12H2,1-2H3. The molecule has 0 N–H and O–H groups in total. The first-order valence-corrected chi connectivity index (χ1v) is 8.47. The molecule has 0 aliphatic carbocycles. The van der Waals surface area contributed by atoms with E-state index < -0.39 is 18.1 Å². The van der Waals surface area contributed by atoms with Crippen LogP contribution in [0.3, 0.4) is 0 Å². The molecule has 5 heteroatoms. The molecular formula is C20H20ClFO3. The number of ketones is 1. The molecule has 25 heavy (non-hydrogen) atoms. The number of Topliss-reactive ketones (excluding diaryl/α,β-unsaturated/α-hetero) is 1. The molecule has 0 heterocycles. The van der Waals surface area contributed by atoms with Crippen LogP contribution in [0.5, 0.6) is 0 Å². The number of hydrogen-bond donors (Lipinski definition) is 0. The van der Waals surface area contributed by atoms with E-state index in [9.17, 15) is 14.0 Å². The Balaban J connectivity index is 2.33.